The van der Waals surface area contributed by atoms with Crippen molar-refractivity contribution in [3.05, 3.63) is 52.2 Å². The van der Waals surface area contributed by atoms with Crippen molar-refractivity contribution in [2.75, 3.05) is 26.2 Å². The van der Waals surface area contributed by atoms with Gasteiger partial charge in [-0.2, -0.15) is 0 Å². The summed E-state index contributed by atoms with van der Waals surface area (Å²) in [6.45, 7) is 6.71. The first-order valence-electron chi connectivity index (χ1n) is 8.73. The van der Waals surface area contributed by atoms with E-state index in [1.54, 1.807) is 23.5 Å². The average molecular weight is 502 g/mol. The van der Waals surface area contributed by atoms with Crippen molar-refractivity contribution in [2.45, 2.75) is 19.8 Å². The third kappa shape index (κ3) is 8.17. The van der Waals surface area contributed by atoms with Crippen molar-refractivity contribution in [3.8, 4) is 5.75 Å². The van der Waals surface area contributed by atoms with Crippen LogP contribution in [0.25, 0.3) is 0 Å². The standard InChI is InChI=1S/C19H26N4O2S.HI/c1-3-20-19(23-13-14(2)17-5-4-12-26-17)22-11-10-21-18(25)15-6-8-16(24)9-7-15;/h4-9,12,14,24H,3,10-11,13H2,1-2H3,(H,21,25)(H2,20,22,23);1H. The molecule has 4 N–H and O–H groups in total. The van der Waals surface area contributed by atoms with Gasteiger partial charge in [0, 0.05) is 36.0 Å². The van der Waals surface area contributed by atoms with Crippen molar-refractivity contribution < 1.29 is 9.90 Å². The molecule has 2 aromatic rings. The second-order valence-corrected chi connectivity index (χ2v) is 6.84. The summed E-state index contributed by atoms with van der Waals surface area (Å²) < 4.78 is 0. The lowest BCUT2D eigenvalue weighted by atomic mass is 10.1. The molecule has 1 amide bonds. The largest absolute Gasteiger partial charge is 0.508 e. The Hall–Kier alpha value is -1.81. The number of benzene rings is 1. The zero-order valence-corrected chi connectivity index (χ0v) is 18.7. The van der Waals surface area contributed by atoms with Gasteiger partial charge in [-0.1, -0.05) is 13.0 Å². The number of thiophene rings is 1. The molecule has 1 unspecified atom stereocenters. The summed E-state index contributed by atoms with van der Waals surface area (Å²) in [4.78, 5) is 17.9. The molecule has 0 aliphatic rings. The molecule has 1 aromatic heterocycles. The smallest absolute Gasteiger partial charge is 0.251 e. The minimum atomic E-state index is -0.167. The molecule has 148 valence electrons. The molecule has 2 rings (SSSR count). The predicted octanol–water partition coefficient (Wildman–Crippen LogP) is 3.16. The van der Waals surface area contributed by atoms with Gasteiger partial charge < -0.3 is 21.1 Å². The molecular formula is C19H27IN4O2S. The zero-order valence-electron chi connectivity index (χ0n) is 15.6. The second-order valence-electron chi connectivity index (χ2n) is 5.87. The fourth-order valence-corrected chi connectivity index (χ4v) is 3.08. The fourth-order valence-electron chi connectivity index (χ4n) is 2.30. The number of rotatable bonds is 8. The van der Waals surface area contributed by atoms with E-state index in [0.29, 0.717) is 31.1 Å². The van der Waals surface area contributed by atoms with E-state index in [0.717, 1.165) is 12.5 Å². The second kappa shape index (κ2) is 12.6. The molecule has 0 spiro atoms. The van der Waals surface area contributed by atoms with E-state index < -0.39 is 0 Å². The topological polar surface area (TPSA) is 85.8 Å². The number of carbonyl (C=O) groups excluding carboxylic acids is 1. The fraction of sp³-hybridized carbons (Fsp3) is 0.368. The first-order valence-corrected chi connectivity index (χ1v) is 9.61. The molecule has 27 heavy (non-hydrogen) atoms. The Bertz CT molecular complexity index is 705. The SMILES string of the molecule is CCNC(=NCC(C)c1cccs1)NCCNC(=O)c1ccc(O)cc1.I. The van der Waals surface area contributed by atoms with Crippen LogP contribution in [0.15, 0.2) is 46.8 Å². The molecule has 1 atom stereocenters. The van der Waals surface area contributed by atoms with E-state index >= 15 is 0 Å². The van der Waals surface area contributed by atoms with E-state index in [2.05, 4.69) is 45.4 Å². The van der Waals surface area contributed by atoms with Crippen LogP contribution in [-0.2, 0) is 0 Å². The first-order chi connectivity index (χ1) is 12.6. The predicted molar refractivity (Wildman–Crippen MR) is 123 cm³/mol. The lowest BCUT2D eigenvalue weighted by molar-refractivity contribution is 0.0954. The summed E-state index contributed by atoms with van der Waals surface area (Å²) in [6, 6.07) is 10.4. The normalized spacial score (nSPS) is 12.0. The molecular weight excluding hydrogens is 475 g/mol. The van der Waals surface area contributed by atoms with Crippen molar-refractivity contribution in [2.24, 2.45) is 4.99 Å². The van der Waals surface area contributed by atoms with Gasteiger partial charge in [-0.05, 0) is 42.6 Å². The first kappa shape index (κ1) is 23.2. The molecule has 0 fully saturated rings. The van der Waals surface area contributed by atoms with Gasteiger partial charge in [0.15, 0.2) is 5.96 Å². The Kier molecular flexibility index (Phi) is 10.8. The number of halogens is 1. The number of phenols is 1. The van der Waals surface area contributed by atoms with Gasteiger partial charge in [0.2, 0.25) is 0 Å². The summed E-state index contributed by atoms with van der Waals surface area (Å²) in [7, 11) is 0. The van der Waals surface area contributed by atoms with E-state index in [1.807, 2.05) is 6.92 Å². The number of aromatic hydroxyl groups is 1. The maximum Gasteiger partial charge on any atom is 0.251 e. The molecule has 0 aliphatic heterocycles. The molecule has 0 bridgehead atoms. The van der Waals surface area contributed by atoms with Crippen LogP contribution in [-0.4, -0.2) is 43.2 Å². The van der Waals surface area contributed by atoms with Crippen molar-refractivity contribution in [3.63, 3.8) is 0 Å². The van der Waals surface area contributed by atoms with Crippen LogP contribution >= 0.6 is 35.3 Å². The highest BCUT2D eigenvalue weighted by molar-refractivity contribution is 14.0. The summed E-state index contributed by atoms with van der Waals surface area (Å²) >= 11 is 1.75. The van der Waals surface area contributed by atoms with Crippen LogP contribution in [0.5, 0.6) is 5.75 Å². The maximum atomic E-state index is 12.0. The van der Waals surface area contributed by atoms with E-state index in [9.17, 15) is 9.90 Å². The summed E-state index contributed by atoms with van der Waals surface area (Å²) in [6.07, 6.45) is 0. The van der Waals surface area contributed by atoms with Crippen molar-refractivity contribution in [1.82, 2.24) is 16.0 Å². The van der Waals surface area contributed by atoms with Crippen LogP contribution in [0.3, 0.4) is 0 Å². The van der Waals surface area contributed by atoms with Crippen LogP contribution in [0.1, 0.15) is 35.0 Å². The Labute approximate surface area is 181 Å². The third-order valence-electron chi connectivity index (χ3n) is 3.73. The minimum Gasteiger partial charge on any atom is -0.508 e. The number of guanidine groups is 1. The molecule has 6 nitrogen and oxygen atoms in total. The monoisotopic (exact) mass is 502 g/mol. The van der Waals surface area contributed by atoms with Crippen LogP contribution in [0, 0.1) is 0 Å². The van der Waals surface area contributed by atoms with Gasteiger partial charge in [0.1, 0.15) is 5.75 Å². The molecule has 0 aliphatic carbocycles. The lowest BCUT2D eigenvalue weighted by Crippen LogP contribution is -2.41. The number of carbonyl (C=O) groups is 1. The van der Waals surface area contributed by atoms with E-state index in [-0.39, 0.29) is 35.6 Å². The highest BCUT2D eigenvalue weighted by atomic mass is 127. The number of aliphatic imine (C=N–C) groups is 1. The number of phenolic OH excluding ortho intramolecular Hbond substituents is 1. The highest BCUT2D eigenvalue weighted by Crippen LogP contribution is 2.20. The average Bonchev–Trinajstić information content (AvgIpc) is 3.18. The number of nitrogens with one attached hydrogen (secondary N) is 3. The molecule has 0 saturated carbocycles. The number of amides is 1. The quantitative estimate of drug-likeness (QED) is 0.193. The van der Waals surface area contributed by atoms with Gasteiger partial charge >= 0.3 is 0 Å². The van der Waals surface area contributed by atoms with Crippen LogP contribution in [0.2, 0.25) is 0 Å². The summed E-state index contributed by atoms with van der Waals surface area (Å²) in [5.74, 6) is 1.10. The lowest BCUT2D eigenvalue weighted by Gasteiger charge is -2.13. The van der Waals surface area contributed by atoms with E-state index in [1.165, 1.54) is 17.0 Å². The Morgan fingerprint density at radius 1 is 1.15 bits per heavy atom. The van der Waals surface area contributed by atoms with E-state index in [4.69, 9.17) is 0 Å². The van der Waals surface area contributed by atoms with Gasteiger partial charge in [0.05, 0.1) is 6.54 Å². The third-order valence-corrected chi connectivity index (χ3v) is 4.83. The Morgan fingerprint density at radius 3 is 2.48 bits per heavy atom. The highest BCUT2D eigenvalue weighted by Gasteiger charge is 2.07. The molecule has 0 saturated heterocycles. The van der Waals surface area contributed by atoms with Crippen LogP contribution in [0.4, 0.5) is 0 Å². The van der Waals surface area contributed by atoms with Gasteiger partial charge in [-0.3, -0.25) is 9.79 Å². The zero-order chi connectivity index (χ0) is 18.8. The number of nitrogens with zero attached hydrogens (tertiary/aromatic N) is 1. The summed E-state index contributed by atoms with van der Waals surface area (Å²) in [5.41, 5.74) is 0.521. The Balaban J connectivity index is 0.00000364. The van der Waals surface area contributed by atoms with Gasteiger partial charge in [-0.25, -0.2) is 0 Å². The molecule has 0 radical (unpaired) electrons. The number of hydrogen-bond donors (Lipinski definition) is 4. The maximum absolute atomic E-state index is 12.0. The molecule has 8 heteroatoms. The van der Waals surface area contributed by atoms with Gasteiger partial charge in [-0.15, -0.1) is 35.3 Å². The summed E-state index contributed by atoms with van der Waals surface area (Å²) in [5, 5.41) is 20.6. The van der Waals surface area contributed by atoms with Crippen molar-refractivity contribution in [1.29, 1.82) is 0 Å². The van der Waals surface area contributed by atoms with Gasteiger partial charge in [0.25, 0.3) is 5.91 Å². The number of hydrogen-bond acceptors (Lipinski definition) is 4. The molecule has 1 aromatic carbocycles. The van der Waals surface area contributed by atoms with Crippen molar-refractivity contribution >= 4 is 47.2 Å². The Morgan fingerprint density at radius 2 is 1.85 bits per heavy atom. The minimum absolute atomic E-state index is 0. The molecule has 1 heterocycles. The van der Waals surface area contributed by atoms with Crippen LogP contribution < -0.4 is 16.0 Å².